The molecule has 0 spiro atoms. The summed E-state index contributed by atoms with van der Waals surface area (Å²) in [5.41, 5.74) is 0.740. The molecule has 1 amide bonds. The number of aryl methyl sites for hydroxylation is 1. The number of rotatable bonds is 3. The van der Waals surface area contributed by atoms with Gasteiger partial charge in [-0.3, -0.25) is 4.79 Å². The molecule has 1 atom stereocenters. The van der Waals surface area contributed by atoms with E-state index >= 15 is 0 Å². The molecule has 1 aliphatic heterocycles. The summed E-state index contributed by atoms with van der Waals surface area (Å²) in [4.78, 5) is 14.0. The average molecular weight is 222 g/mol. The zero-order valence-electron chi connectivity index (χ0n) is 9.90. The first-order valence-corrected chi connectivity index (χ1v) is 5.92. The second kappa shape index (κ2) is 4.68. The smallest absolute Gasteiger partial charge is 0.228 e. The zero-order chi connectivity index (χ0) is 11.5. The molecule has 1 aromatic rings. The number of likely N-dealkylation sites (tertiary alicyclic amines) is 1. The standard InChI is InChI=1S/C12H18N2O2/c1-3-11-5-4-6-14(11)12(15)8-10-7-9(2)16-13-10/h7,11H,3-6,8H2,1-2H3. The molecule has 1 saturated heterocycles. The Balaban J connectivity index is 1.97. The maximum atomic E-state index is 12.0. The van der Waals surface area contributed by atoms with Crippen LogP contribution in [0.4, 0.5) is 0 Å². The van der Waals surface area contributed by atoms with Crippen molar-refractivity contribution in [1.29, 1.82) is 0 Å². The number of carbonyl (C=O) groups excluding carboxylic acids is 1. The topological polar surface area (TPSA) is 46.3 Å². The number of nitrogens with zero attached hydrogens (tertiary/aromatic N) is 2. The van der Waals surface area contributed by atoms with Gasteiger partial charge in [-0.25, -0.2) is 0 Å². The fraction of sp³-hybridized carbons (Fsp3) is 0.667. The van der Waals surface area contributed by atoms with E-state index in [4.69, 9.17) is 4.52 Å². The number of carbonyl (C=O) groups is 1. The Labute approximate surface area is 95.6 Å². The third-order valence-electron chi connectivity index (χ3n) is 3.18. The van der Waals surface area contributed by atoms with Crippen molar-refractivity contribution in [2.75, 3.05) is 6.54 Å². The van der Waals surface area contributed by atoms with Crippen LogP contribution in [0.1, 0.15) is 37.6 Å². The van der Waals surface area contributed by atoms with Crippen LogP contribution in [-0.4, -0.2) is 28.6 Å². The van der Waals surface area contributed by atoms with Crippen LogP contribution in [0.25, 0.3) is 0 Å². The molecule has 0 aliphatic carbocycles. The summed E-state index contributed by atoms with van der Waals surface area (Å²) < 4.78 is 4.96. The van der Waals surface area contributed by atoms with Gasteiger partial charge in [0, 0.05) is 18.7 Å². The molecule has 1 aliphatic rings. The summed E-state index contributed by atoms with van der Waals surface area (Å²) in [5.74, 6) is 0.939. The van der Waals surface area contributed by atoms with Crippen LogP contribution in [0.2, 0.25) is 0 Å². The van der Waals surface area contributed by atoms with E-state index in [1.807, 2.05) is 17.9 Å². The highest BCUT2D eigenvalue weighted by atomic mass is 16.5. The van der Waals surface area contributed by atoms with Crippen LogP contribution >= 0.6 is 0 Å². The van der Waals surface area contributed by atoms with Gasteiger partial charge in [0.1, 0.15) is 5.76 Å². The van der Waals surface area contributed by atoms with Crippen LogP contribution in [0, 0.1) is 6.92 Å². The van der Waals surface area contributed by atoms with E-state index in [1.165, 1.54) is 0 Å². The summed E-state index contributed by atoms with van der Waals surface area (Å²) in [7, 11) is 0. The molecule has 1 aromatic heterocycles. The van der Waals surface area contributed by atoms with Gasteiger partial charge in [-0.05, 0) is 26.2 Å². The molecule has 0 aromatic carbocycles. The Kier molecular flexibility index (Phi) is 3.27. The second-order valence-electron chi connectivity index (χ2n) is 4.40. The summed E-state index contributed by atoms with van der Waals surface area (Å²) in [6.45, 7) is 4.87. The van der Waals surface area contributed by atoms with E-state index in [-0.39, 0.29) is 5.91 Å². The lowest BCUT2D eigenvalue weighted by molar-refractivity contribution is -0.131. The first kappa shape index (κ1) is 11.2. The normalized spacial score (nSPS) is 20.4. The predicted octanol–water partition coefficient (Wildman–Crippen LogP) is 1.93. The van der Waals surface area contributed by atoms with Crippen molar-refractivity contribution in [2.45, 2.75) is 45.6 Å². The molecule has 16 heavy (non-hydrogen) atoms. The molecule has 2 heterocycles. The van der Waals surface area contributed by atoms with Crippen molar-refractivity contribution in [1.82, 2.24) is 10.1 Å². The molecule has 0 saturated carbocycles. The molecule has 2 rings (SSSR count). The van der Waals surface area contributed by atoms with Crippen LogP contribution < -0.4 is 0 Å². The number of amides is 1. The lowest BCUT2D eigenvalue weighted by Crippen LogP contribution is -2.36. The fourth-order valence-corrected chi connectivity index (χ4v) is 2.35. The zero-order valence-corrected chi connectivity index (χ0v) is 9.90. The Morgan fingerprint density at radius 2 is 2.50 bits per heavy atom. The van der Waals surface area contributed by atoms with E-state index in [2.05, 4.69) is 12.1 Å². The van der Waals surface area contributed by atoms with E-state index in [0.29, 0.717) is 12.5 Å². The highest BCUT2D eigenvalue weighted by Gasteiger charge is 2.27. The Morgan fingerprint density at radius 1 is 1.69 bits per heavy atom. The molecule has 4 heteroatoms. The molecule has 0 N–H and O–H groups in total. The van der Waals surface area contributed by atoms with E-state index in [9.17, 15) is 4.79 Å². The van der Waals surface area contributed by atoms with Gasteiger partial charge >= 0.3 is 0 Å². The van der Waals surface area contributed by atoms with E-state index in [1.54, 1.807) is 0 Å². The van der Waals surface area contributed by atoms with Gasteiger partial charge in [0.2, 0.25) is 5.91 Å². The quantitative estimate of drug-likeness (QED) is 0.785. The van der Waals surface area contributed by atoms with Gasteiger partial charge in [0.25, 0.3) is 0 Å². The van der Waals surface area contributed by atoms with Crippen LogP contribution in [0.3, 0.4) is 0 Å². The minimum atomic E-state index is 0.178. The molecule has 0 bridgehead atoms. The van der Waals surface area contributed by atoms with Gasteiger partial charge in [-0.1, -0.05) is 12.1 Å². The van der Waals surface area contributed by atoms with Crippen LogP contribution in [0.15, 0.2) is 10.6 Å². The van der Waals surface area contributed by atoms with Crippen molar-refractivity contribution in [2.24, 2.45) is 0 Å². The predicted molar refractivity (Wildman–Crippen MR) is 60.0 cm³/mol. The molecule has 0 radical (unpaired) electrons. The molecule has 88 valence electrons. The van der Waals surface area contributed by atoms with Gasteiger partial charge in [-0.2, -0.15) is 0 Å². The minimum Gasteiger partial charge on any atom is -0.361 e. The number of aromatic nitrogens is 1. The van der Waals surface area contributed by atoms with Crippen molar-refractivity contribution in [3.8, 4) is 0 Å². The van der Waals surface area contributed by atoms with Gasteiger partial charge in [0.15, 0.2) is 0 Å². The maximum Gasteiger partial charge on any atom is 0.228 e. The average Bonchev–Trinajstić information content (AvgIpc) is 2.86. The number of hydrogen-bond donors (Lipinski definition) is 0. The van der Waals surface area contributed by atoms with E-state index in [0.717, 1.165) is 37.3 Å². The van der Waals surface area contributed by atoms with Gasteiger partial charge in [0.05, 0.1) is 12.1 Å². The third kappa shape index (κ3) is 2.26. The first-order chi connectivity index (χ1) is 7.70. The summed E-state index contributed by atoms with van der Waals surface area (Å²) in [5, 5.41) is 3.86. The minimum absolute atomic E-state index is 0.178. The summed E-state index contributed by atoms with van der Waals surface area (Å²) >= 11 is 0. The van der Waals surface area contributed by atoms with Gasteiger partial charge < -0.3 is 9.42 Å². The summed E-state index contributed by atoms with van der Waals surface area (Å²) in [6.07, 6.45) is 3.68. The fourth-order valence-electron chi connectivity index (χ4n) is 2.35. The highest BCUT2D eigenvalue weighted by molar-refractivity contribution is 5.78. The molecular formula is C12H18N2O2. The Morgan fingerprint density at radius 3 is 3.12 bits per heavy atom. The number of hydrogen-bond acceptors (Lipinski definition) is 3. The molecule has 1 unspecified atom stereocenters. The molecule has 4 nitrogen and oxygen atoms in total. The lowest BCUT2D eigenvalue weighted by atomic mass is 10.1. The monoisotopic (exact) mass is 222 g/mol. The van der Waals surface area contributed by atoms with Crippen molar-refractivity contribution in [3.05, 3.63) is 17.5 Å². The van der Waals surface area contributed by atoms with Crippen LogP contribution in [-0.2, 0) is 11.2 Å². The highest BCUT2D eigenvalue weighted by Crippen LogP contribution is 2.20. The van der Waals surface area contributed by atoms with Gasteiger partial charge in [-0.15, -0.1) is 0 Å². The van der Waals surface area contributed by atoms with Crippen LogP contribution in [0.5, 0.6) is 0 Å². The molecule has 1 fully saturated rings. The van der Waals surface area contributed by atoms with E-state index < -0.39 is 0 Å². The SMILES string of the molecule is CCC1CCCN1C(=O)Cc1cc(C)on1. The third-order valence-corrected chi connectivity index (χ3v) is 3.18. The largest absolute Gasteiger partial charge is 0.361 e. The lowest BCUT2D eigenvalue weighted by Gasteiger charge is -2.23. The Bertz CT molecular complexity index is 373. The van der Waals surface area contributed by atoms with Crippen molar-refractivity contribution < 1.29 is 9.32 Å². The molecular weight excluding hydrogens is 204 g/mol. The Hall–Kier alpha value is -1.32. The first-order valence-electron chi connectivity index (χ1n) is 5.92. The second-order valence-corrected chi connectivity index (χ2v) is 4.40. The summed E-state index contributed by atoms with van der Waals surface area (Å²) in [6, 6.07) is 2.26. The van der Waals surface area contributed by atoms with Crippen molar-refractivity contribution in [3.63, 3.8) is 0 Å². The maximum absolute atomic E-state index is 12.0. The van der Waals surface area contributed by atoms with Crippen molar-refractivity contribution >= 4 is 5.91 Å².